The average Bonchev–Trinajstić information content (AvgIpc) is 2.92. The zero-order valence-electron chi connectivity index (χ0n) is 17.7. The third kappa shape index (κ3) is 6.42. The topological polar surface area (TPSA) is 74.8 Å². The molecule has 0 amide bonds. The second kappa shape index (κ2) is 10.4. The number of ether oxygens (including phenoxy) is 1. The Morgan fingerprint density at radius 1 is 1.13 bits per heavy atom. The van der Waals surface area contributed by atoms with Gasteiger partial charge in [-0.2, -0.15) is 12.7 Å². The van der Waals surface area contributed by atoms with E-state index in [4.69, 9.17) is 4.74 Å². The molecule has 31 heavy (non-hydrogen) atoms. The predicted octanol–water partition coefficient (Wildman–Crippen LogP) is 2.66. The largest absolute Gasteiger partial charge is 0.376 e. The minimum Gasteiger partial charge on any atom is -0.376 e. The van der Waals surface area contributed by atoms with Crippen LogP contribution in [0.4, 0.5) is 14.6 Å². The molecule has 2 aromatic rings. The molecule has 3 rings (SSSR count). The average molecular weight is 455 g/mol. The van der Waals surface area contributed by atoms with E-state index in [0.29, 0.717) is 26.1 Å². The van der Waals surface area contributed by atoms with Crippen LogP contribution in [0, 0.1) is 17.6 Å². The zero-order valence-corrected chi connectivity index (χ0v) is 18.5. The molecule has 0 aliphatic carbocycles. The molecule has 0 saturated carbocycles. The lowest BCUT2D eigenvalue weighted by molar-refractivity contribution is 0.0726. The molecule has 170 valence electrons. The molecular weight excluding hydrogens is 426 g/mol. The predicted molar refractivity (Wildman–Crippen MR) is 115 cm³/mol. The number of nitrogens with zero attached hydrogens (tertiary/aromatic N) is 3. The lowest BCUT2D eigenvalue weighted by atomic mass is 10.1. The van der Waals surface area contributed by atoms with Crippen LogP contribution in [0.2, 0.25) is 0 Å². The molecule has 1 unspecified atom stereocenters. The van der Waals surface area contributed by atoms with E-state index in [1.54, 1.807) is 12.1 Å². The van der Waals surface area contributed by atoms with Crippen LogP contribution in [0.15, 0.2) is 36.4 Å². The molecule has 1 N–H and O–H groups in total. The summed E-state index contributed by atoms with van der Waals surface area (Å²) < 4.78 is 63.0. The van der Waals surface area contributed by atoms with Crippen molar-refractivity contribution in [2.24, 2.45) is 5.92 Å². The van der Waals surface area contributed by atoms with Crippen LogP contribution >= 0.6 is 0 Å². The number of likely N-dealkylation sites (N-methyl/N-ethyl adjacent to an activating group) is 1. The molecule has 0 spiro atoms. The van der Waals surface area contributed by atoms with Crippen molar-refractivity contribution in [3.05, 3.63) is 59.3 Å². The molecule has 10 heteroatoms. The smallest absolute Gasteiger partial charge is 0.302 e. The Balaban J connectivity index is 1.65. The second-order valence-electron chi connectivity index (χ2n) is 7.68. The van der Waals surface area contributed by atoms with Gasteiger partial charge < -0.3 is 9.64 Å². The Bertz CT molecular complexity index is 970. The van der Waals surface area contributed by atoms with E-state index in [9.17, 15) is 17.2 Å². The van der Waals surface area contributed by atoms with Crippen LogP contribution in [0.3, 0.4) is 0 Å². The number of rotatable bonds is 8. The maximum absolute atomic E-state index is 13.8. The van der Waals surface area contributed by atoms with Crippen LogP contribution in [0.25, 0.3) is 0 Å². The van der Waals surface area contributed by atoms with E-state index in [-0.39, 0.29) is 37.1 Å². The number of pyridine rings is 1. The lowest BCUT2D eigenvalue weighted by Gasteiger charge is -2.24. The second-order valence-corrected chi connectivity index (χ2v) is 9.35. The van der Waals surface area contributed by atoms with E-state index in [0.717, 1.165) is 5.69 Å². The third-order valence-corrected chi connectivity index (χ3v) is 6.65. The first kappa shape index (κ1) is 23.5. The van der Waals surface area contributed by atoms with E-state index >= 15 is 0 Å². The number of halogens is 2. The number of anilines is 1. The van der Waals surface area contributed by atoms with Crippen molar-refractivity contribution in [1.82, 2.24) is 14.2 Å². The zero-order chi connectivity index (χ0) is 22.4. The Hall–Kier alpha value is -2.14. The van der Waals surface area contributed by atoms with Crippen molar-refractivity contribution in [3.8, 4) is 0 Å². The quantitative estimate of drug-likeness (QED) is 0.664. The van der Waals surface area contributed by atoms with Gasteiger partial charge in [0.15, 0.2) is 0 Å². The molecule has 2 heterocycles. The molecule has 1 aliphatic heterocycles. The summed E-state index contributed by atoms with van der Waals surface area (Å²) in [6.07, 6.45) is 0.700. The van der Waals surface area contributed by atoms with Crippen molar-refractivity contribution in [3.63, 3.8) is 0 Å². The number of aryl methyl sites for hydroxylation is 1. The molecule has 1 atom stereocenters. The summed E-state index contributed by atoms with van der Waals surface area (Å²) >= 11 is 0. The van der Waals surface area contributed by atoms with Gasteiger partial charge in [-0.3, -0.25) is 4.72 Å². The number of aromatic nitrogens is 1. The first-order chi connectivity index (χ1) is 14.8. The first-order valence-electron chi connectivity index (χ1n) is 10.2. The summed E-state index contributed by atoms with van der Waals surface area (Å²) in [5.41, 5.74) is 0.667. The molecule has 1 aromatic heterocycles. The van der Waals surface area contributed by atoms with Gasteiger partial charge in [-0.1, -0.05) is 19.1 Å². The highest BCUT2D eigenvalue weighted by atomic mass is 32.2. The fourth-order valence-electron chi connectivity index (χ4n) is 3.50. The fraction of sp³-hybridized carbons (Fsp3) is 0.476. The van der Waals surface area contributed by atoms with Crippen LogP contribution in [0.5, 0.6) is 0 Å². The fourth-order valence-corrected chi connectivity index (χ4v) is 4.74. The highest BCUT2D eigenvalue weighted by Crippen LogP contribution is 2.18. The molecular formula is C21H28F2N4O3S. The van der Waals surface area contributed by atoms with E-state index in [2.05, 4.69) is 9.71 Å². The molecule has 0 bridgehead atoms. The number of nitrogens with one attached hydrogen (secondary N) is 1. The lowest BCUT2D eigenvalue weighted by Crippen LogP contribution is -2.40. The first-order valence-corrected chi connectivity index (χ1v) is 11.7. The van der Waals surface area contributed by atoms with Gasteiger partial charge in [0.05, 0.1) is 13.2 Å². The van der Waals surface area contributed by atoms with E-state index in [1.165, 1.54) is 22.5 Å². The van der Waals surface area contributed by atoms with Crippen LogP contribution in [0.1, 0.15) is 18.2 Å². The van der Waals surface area contributed by atoms with Crippen molar-refractivity contribution in [1.29, 1.82) is 0 Å². The minimum absolute atomic E-state index is 0.127. The van der Waals surface area contributed by atoms with Crippen LogP contribution in [-0.4, -0.2) is 62.4 Å². The van der Waals surface area contributed by atoms with Crippen molar-refractivity contribution in [2.45, 2.75) is 20.0 Å². The Morgan fingerprint density at radius 2 is 1.84 bits per heavy atom. The summed E-state index contributed by atoms with van der Waals surface area (Å²) in [5, 5.41) is 0. The molecule has 1 aromatic carbocycles. The monoisotopic (exact) mass is 454 g/mol. The standard InChI is InChI=1S/C21H28F2N4O3S/c1-3-17-6-4-9-21(24-17)25-31(28,29)27-11-10-26(2)12-16(13-27)14-30-15-18-19(22)7-5-8-20(18)23/h4-9,16H,3,10-15H2,1-2H3,(H,24,25). The summed E-state index contributed by atoms with van der Waals surface area (Å²) in [6, 6.07) is 8.88. The van der Waals surface area contributed by atoms with Gasteiger partial charge in [0, 0.05) is 43.4 Å². The van der Waals surface area contributed by atoms with Gasteiger partial charge in [-0.25, -0.2) is 13.8 Å². The van der Waals surface area contributed by atoms with Crippen molar-refractivity contribution in [2.75, 3.05) is 44.6 Å². The maximum Gasteiger partial charge on any atom is 0.302 e. The van der Waals surface area contributed by atoms with Crippen molar-refractivity contribution >= 4 is 16.0 Å². The van der Waals surface area contributed by atoms with Gasteiger partial charge in [-0.15, -0.1) is 0 Å². The molecule has 7 nitrogen and oxygen atoms in total. The minimum atomic E-state index is -3.81. The normalized spacial score (nSPS) is 18.6. The van der Waals surface area contributed by atoms with Crippen LogP contribution < -0.4 is 4.72 Å². The van der Waals surface area contributed by atoms with Gasteiger partial charge in [0.1, 0.15) is 17.5 Å². The SMILES string of the molecule is CCc1cccc(NS(=O)(=O)N2CCN(C)CC(COCc3c(F)cccc3F)C2)n1. The summed E-state index contributed by atoms with van der Waals surface area (Å²) in [4.78, 5) is 6.32. The molecule has 1 saturated heterocycles. The van der Waals surface area contributed by atoms with E-state index in [1.807, 2.05) is 24.9 Å². The number of benzene rings is 1. The third-order valence-electron chi connectivity index (χ3n) is 5.17. The van der Waals surface area contributed by atoms with Gasteiger partial charge in [-0.05, 0) is 37.7 Å². The number of hydrogen-bond donors (Lipinski definition) is 1. The summed E-state index contributed by atoms with van der Waals surface area (Å²) in [7, 11) is -1.91. The number of hydrogen-bond acceptors (Lipinski definition) is 5. The van der Waals surface area contributed by atoms with Gasteiger partial charge in [0.25, 0.3) is 0 Å². The maximum atomic E-state index is 13.8. The Labute approximate surface area is 182 Å². The molecule has 1 fully saturated rings. The highest BCUT2D eigenvalue weighted by Gasteiger charge is 2.29. The van der Waals surface area contributed by atoms with E-state index < -0.39 is 21.8 Å². The summed E-state index contributed by atoms with van der Waals surface area (Å²) in [5.74, 6) is -1.20. The summed E-state index contributed by atoms with van der Waals surface area (Å²) in [6.45, 7) is 3.62. The van der Waals surface area contributed by atoms with Crippen LogP contribution in [-0.2, 0) is 28.0 Å². The van der Waals surface area contributed by atoms with Crippen molar-refractivity contribution < 1.29 is 21.9 Å². The Kier molecular flexibility index (Phi) is 7.93. The highest BCUT2D eigenvalue weighted by molar-refractivity contribution is 7.90. The van der Waals surface area contributed by atoms with Gasteiger partial charge in [0.2, 0.25) is 0 Å². The Morgan fingerprint density at radius 3 is 2.55 bits per heavy atom. The molecule has 0 radical (unpaired) electrons. The molecule has 1 aliphatic rings. The van der Waals surface area contributed by atoms with Gasteiger partial charge >= 0.3 is 10.2 Å².